The van der Waals surface area contributed by atoms with Crippen molar-refractivity contribution in [2.75, 3.05) is 23.8 Å². The number of benzene rings is 3. The van der Waals surface area contributed by atoms with Gasteiger partial charge in [0.2, 0.25) is 0 Å². The van der Waals surface area contributed by atoms with Crippen molar-refractivity contribution < 1.29 is 23.9 Å². The van der Waals surface area contributed by atoms with E-state index in [0.29, 0.717) is 45.1 Å². The van der Waals surface area contributed by atoms with E-state index in [4.69, 9.17) is 32.7 Å². The number of para-hydroxylation sites is 2. The van der Waals surface area contributed by atoms with Gasteiger partial charge in [0, 0.05) is 5.69 Å². The van der Waals surface area contributed by atoms with E-state index in [1.54, 1.807) is 60.7 Å². The molecule has 0 heterocycles. The highest BCUT2D eigenvalue weighted by Gasteiger charge is 2.15. The molecule has 3 aromatic carbocycles. The molecule has 0 saturated heterocycles. The summed E-state index contributed by atoms with van der Waals surface area (Å²) in [6.45, 7) is 2.01. The predicted molar refractivity (Wildman–Crippen MR) is 139 cm³/mol. The zero-order valence-corrected chi connectivity index (χ0v) is 20.6. The molecule has 3 rings (SSSR count). The van der Waals surface area contributed by atoms with Crippen LogP contribution in [0.3, 0.4) is 0 Å². The zero-order chi connectivity index (χ0) is 25.9. The Labute approximate surface area is 217 Å². The van der Waals surface area contributed by atoms with E-state index in [-0.39, 0.29) is 12.5 Å². The lowest BCUT2D eigenvalue weighted by Crippen LogP contribution is -2.32. The van der Waals surface area contributed by atoms with Gasteiger partial charge in [-0.2, -0.15) is 5.10 Å². The van der Waals surface area contributed by atoms with E-state index >= 15 is 0 Å². The van der Waals surface area contributed by atoms with E-state index in [1.807, 2.05) is 6.92 Å². The number of hydrazone groups is 1. The van der Waals surface area contributed by atoms with Crippen LogP contribution in [0.2, 0.25) is 10.0 Å². The Hall–Kier alpha value is -4.08. The Morgan fingerprint density at radius 2 is 1.64 bits per heavy atom. The van der Waals surface area contributed by atoms with E-state index < -0.39 is 11.8 Å². The minimum absolute atomic E-state index is 0.217. The maximum absolute atomic E-state index is 12.1. The lowest BCUT2D eigenvalue weighted by atomic mass is 10.2. The van der Waals surface area contributed by atoms with Crippen LogP contribution in [0, 0.1) is 0 Å². The van der Waals surface area contributed by atoms with Gasteiger partial charge in [0.15, 0.2) is 6.61 Å². The SMILES string of the molecule is CCOc1ccccc1NC(=O)C(=O)N/N=C\c1ccc(OCC(=O)Nc2ccc(Cl)c(Cl)c2)cc1. The van der Waals surface area contributed by atoms with Crippen LogP contribution in [0.5, 0.6) is 11.5 Å². The molecule has 0 saturated carbocycles. The number of ether oxygens (including phenoxy) is 2. The van der Waals surface area contributed by atoms with Gasteiger partial charge in [-0.1, -0.05) is 35.3 Å². The van der Waals surface area contributed by atoms with Crippen molar-refractivity contribution in [3.63, 3.8) is 0 Å². The molecule has 0 spiro atoms. The van der Waals surface area contributed by atoms with E-state index in [1.165, 1.54) is 12.3 Å². The van der Waals surface area contributed by atoms with Crippen molar-refractivity contribution in [3.05, 3.63) is 82.3 Å². The molecule has 0 bridgehead atoms. The lowest BCUT2D eigenvalue weighted by Gasteiger charge is -2.10. The third-order valence-corrected chi connectivity index (χ3v) is 5.21. The van der Waals surface area contributed by atoms with Gasteiger partial charge in [0.1, 0.15) is 11.5 Å². The highest BCUT2D eigenvalue weighted by molar-refractivity contribution is 6.42. The number of nitrogens with zero attached hydrogens (tertiary/aromatic N) is 1. The topological polar surface area (TPSA) is 118 Å². The zero-order valence-electron chi connectivity index (χ0n) is 19.1. The number of amides is 3. The van der Waals surface area contributed by atoms with Gasteiger partial charge < -0.3 is 20.1 Å². The standard InChI is InChI=1S/C25H22Cl2N4O5/c1-2-35-22-6-4-3-5-21(22)30-24(33)25(34)31-28-14-16-7-10-18(11-8-16)36-15-23(32)29-17-9-12-19(26)20(27)13-17/h3-14H,2,15H2,1H3,(H,29,32)(H,30,33)(H,31,34)/b28-14-. The number of rotatable bonds is 9. The van der Waals surface area contributed by atoms with Gasteiger partial charge >= 0.3 is 11.8 Å². The molecule has 3 N–H and O–H groups in total. The summed E-state index contributed by atoms with van der Waals surface area (Å²) in [5.41, 5.74) is 3.67. The first-order chi connectivity index (χ1) is 17.4. The molecule has 3 aromatic rings. The largest absolute Gasteiger partial charge is 0.492 e. The number of nitrogens with one attached hydrogen (secondary N) is 3. The molecule has 11 heteroatoms. The van der Waals surface area contributed by atoms with Crippen molar-refractivity contribution >= 4 is 58.5 Å². The second-order valence-electron chi connectivity index (χ2n) is 7.12. The monoisotopic (exact) mass is 528 g/mol. The number of halogens is 2. The van der Waals surface area contributed by atoms with Crippen molar-refractivity contribution in [1.82, 2.24) is 5.43 Å². The Morgan fingerprint density at radius 3 is 2.36 bits per heavy atom. The Balaban J connectivity index is 1.45. The molecule has 0 radical (unpaired) electrons. The minimum atomic E-state index is -0.939. The van der Waals surface area contributed by atoms with Crippen LogP contribution in [0.15, 0.2) is 71.8 Å². The third-order valence-electron chi connectivity index (χ3n) is 4.47. The average Bonchev–Trinajstić information content (AvgIpc) is 2.87. The Kier molecular flexibility index (Phi) is 9.67. The number of hydrogen-bond donors (Lipinski definition) is 3. The molecular formula is C25H22Cl2N4O5. The molecule has 0 aliphatic rings. The molecule has 0 unspecified atom stereocenters. The summed E-state index contributed by atoms with van der Waals surface area (Å²) in [6.07, 6.45) is 1.36. The van der Waals surface area contributed by atoms with Gasteiger partial charge in [0.25, 0.3) is 5.91 Å². The third kappa shape index (κ3) is 8.00. The van der Waals surface area contributed by atoms with Crippen LogP contribution in [0.4, 0.5) is 11.4 Å². The van der Waals surface area contributed by atoms with E-state index in [9.17, 15) is 14.4 Å². The number of hydrogen-bond acceptors (Lipinski definition) is 6. The fourth-order valence-corrected chi connectivity index (χ4v) is 3.11. The van der Waals surface area contributed by atoms with Crippen LogP contribution in [0.25, 0.3) is 0 Å². The Morgan fingerprint density at radius 1 is 0.889 bits per heavy atom. The van der Waals surface area contributed by atoms with Gasteiger partial charge in [-0.15, -0.1) is 0 Å². The lowest BCUT2D eigenvalue weighted by molar-refractivity contribution is -0.136. The maximum atomic E-state index is 12.1. The summed E-state index contributed by atoms with van der Waals surface area (Å²) in [6, 6.07) is 18.1. The van der Waals surface area contributed by atoms with Crippen LogP contribution >= 0.6 is 23.2 Å². The summed E-state index contributed by atoms with van der Waals surface area (Å²) in [7, 11) is 0. The second-order valence-corrected chi connectivity index (χ2v) is 7.93. The number of carbonyl (C=O) groups excluding carboxylic acids is 3. The summed E-state index contributed by atoms with van der Waals surface area (Å²) in [5.74, 6) is -1.29. The first-order valence-corrected chi connectivity index (χ1v) is 11.4. The van der Waals surface area contributed by atoms with Crippen LogP contribution < -0.4 is 25.5 Å². The van der Waals surface area contributed by atoms with Gasteiger partial charge in [-0.3, -0.25) is 14.4 Å². The average molecular weight is 529 g/mol. The van der Waals surface area contributed by atoms with Crippen LogP contribution in [-0.2, 0) is 14.4 Å². The van der Waals surface area contributed by atoms with Gasteiger partial charge in [0.05, 0.1) is 28.6 Å². The van der Waals surface area contributed by atoms with Crippen LogP contribution in [-0.4, -0.2) is 37.1 Å². The predicted octanol–water partition coefficient (Wildman–Crippen LogP) is 4.50. The molecule has 0 aliphatic heterocycles. The molecule has 36 heavy (non-hydrogen) atoms. The summed E-state index contributed by atoms with van der Waals surface area (Å²) >= 11 is 11.8. The van der Waals surface area contributed by atoms with Crippen molar-refractivity contribution in [3.8, 4) is 11.5 Å². The highest BCUT2D eigenvalue weighted by Crippen LogP contribution is 2.25. The quantitative estimate of drug-likeness (QED) is 0.214. The van der Waals surface area contributed by atoms with Crippen LogP contribution in [0.1, 0.15) is 12.5 Å². The van der Waals surface area contributed by atoms with Crippen molar-refractivity contribution in [2.24, 2.45) is 5.10 Å². The smallest absolute Gasteiger partial charge is 0.329 e. The Bertz CT molecular complexity index is 1270. The molecule has 0 atom stereocenters. The number of anilines is 2. The van der Waals surface area contributed by atoms with Gasteiger partial charge in [-0.25, -0.2) is 5.43 Å². The fraction of sp³-hybridized carbons (Fsp3) is 0.120. The molecule has 186 valence electrons. The first kappa shape index (κ1) is 26.5. The van der Waals surface area contributed by atoms with Crippen molar-refractivity contribution in [2.45, 2.75) is 6.92 Å². The summed E-state index contributed by atoms with van der Waals surface area (Å²) in [5, 5.41) is 9.64. The summed E-state index contributed by atoms with van der Waals surface area (Å²) < 4.78 is 10.9. The molecule has 3 amide bonds. The second kappa shape index (κ2) is 13.1. The van der Waals surface area contributed by atoms with E-state index in [0.717, 1.165) is 0 Å². The van der Waals surface area contributed by atoms with Crippen molar-refractivity contribution in [1.29, 1.82) is 0 Å². The minimum Gasteiger partial charge on any atom is -0.492 e. The van der Waals surface area contributed by atoms with Gasteiger partial charge in [-0.05, 0) is 67.1 Å². The molecule has 0 aromatic heterocycles. The maximum Gasteiger partial charge on any atom is 0.329 e. The molecular weight excluding hydrogens is 507 g/mol. The molecule has 9 nitrogen and oxygen atoms in total. The molecule has 0 aliphatic carbocycles. The number of carbonyl (C=O) groups is 3. The normalized spacial score (nSPS) is 10.5. The molecule has 0 fully saturated rings. The fourth-order valence-electron chi connectivity index (χ4n) is 2.82. The summed E-state index contributed by atoms with van der Waals surface area (Å²) in [4.78, 5) is 36.2. The first-order valence-electron chi connectivity index (χ1n) is 10.7. The van der Waals surface area contributed by atoms with E-state index in [2.05, 4.69) is 21.2 Å². The highest BCUT2D eigenvalue weighted by atomic mass is 35.5.